The lowest BCUT2D eigenvalue weighted by molar-refractivity contribution is 0.0952. The minimum absolute atomic E-state index is 0.204. The van der Waals surface area contributed by atoms with Gasteiger partial charge in [0.1, 0.15) is 23.1 Å². The lowest BCUT2D eigenvalue weighted by Gasteiger charge is -2.15. The predicted molar refractivity (Wildman–Crippen MR) is 129 cm³/mol. The summed E-state index contributed by atoms with van der Waals surface area (Å²) in [5.41, 5.74) is 2.83. The number of ether oxygens (including phenoxy) is 3. The largest absolute Gasteiger partial charge is 0.497 e. The second kappa shape index (κ2) is 9.91. The third-order valence-electron chi connectivity index (χ3n) is 5.26. The Hall–Kier alpha value is -4.26. The minimum atomic E-state index is -0.204. The van der Waals surface area contributed by atoms with Crippen LogP contribution in [0.3, 0.4) is 0 Å². The summed E-state index contributed by atoms with van der Waals surface area (Å²) in [6.45, 7) is 0.342. The highest BCUT2D eigenvalue weighted by molar-refractivity contribution is 6.07. The van der Waals surface area contributed by atoms with Crippen LogP contribution in [0, 0.1) is 0 Å². The Morgan fingerprint density at radius 1 is 0.848 bits per heavy atom. The van der Waals surface area contributed by atoms with E-state index < -0.39 is 0 Å². The van der Waals surface area contributed by atoms with Gasteiger partial charge in [-0.3, -0.25) is 4.79 Å². The molecule has 0 radical (unpaired) electrons. The van der Waals surface area contributed by atoms with Gasteiger partial charge >= 0.3 is 0 Å². The molecule has 0 aliphatic heterocycles. The van der Waals surface area contributed by atoms with Gasteiger partial charge in [-0.1, -0.05) is 36.4 Å². The average Bonchev–Trinajstić information content (AvgIpc) is 2.87. The quantitative estimate of drug-likeness (QED) is 0.402. The number of para-hydroxylation sites is 2. The van der Waals surface area contributed by atoms with Gasteiger partial charge in [0.05, 0.1) is 38.1 Å². The Morgan fingerprint density at radius 2 is 1.61 bits per heavy atom. The molecule has 0 aliphatic rings. The van der Waals surface area contributed by atoms with Crippen molar-refractivity contribution in [1.82, 2.24) is 10.3 Å². The lowest BCUT2D eigenvalue weighted by Crippen LogP contribution is -2.23. The topological polar surface area (TPSA) is 81.7 Å². The SMILES string of the molecule is COc1ccc(Nc2cc(C(=O)NCc3ccccc3OC)c3ccccc3n2)c(OC)c1. The van der Waals surface area contributed by atoms with Gasteiger partial charge in [0.15, 0.2) is 0 Å². The first-order chi connectivity index (χ1) is 16.1. The minimum Gasteiger partial charge on any atom is -0.497 e. The molecule has 7 nitrogen and oxygen atoms in total. The molecule has 0 aliphatic carbocycles. The van der Waals surface area contributed by atoms with E-state index in [0.29, 0.717) is 40.6 Å². The first-order valence-electron chi connectivity index (χ1n) is 10.4. The fourth-order valence-electron chi connectivity index (χ4n) is 3.59. The first kappa shape index (κ1) is 22.0. The number of anilines is 2. The number of nitrogens with zero attached hydrogens (tertiary/aromatic N) is 1. The predicted octanol–water partition coefficient (Wildman–Crippen LogP) is 4.93. The molecule has 1 amide bonds. The molecule has 0 atom stereocenters. The molecular weight excluding hydrogens is 418 g/mol. The van der Waals surface area contributed by atoms with E-state index in [0.717, 1.165) is 16.7 Å². The van der Waals surface area contributed by atoms with Crippen LogP contribution in [-0.2, 0) is 6.54 Å². The number of nitrogens with one attached hydrogen (secondary N) is 2. The third-order valence-corrected chi connectivity index (χ3v) is 5.26. The highest BCUT2D eigenvalue weighted by atomic mass is 16.5. The number of carbonyl (C=O) groups excluding carboxylic acids is 1. The number of hydrogen-bond acceptors (Lipinski definition) is 6. The van der Waals surface area contributed by atoms with Crippen LogP contribution in [0.15, 0.2) is 72.8 Å². The maximum Gasteiger partial charge on any atom is 0.252 e. The van der Waals surface area contributed by atoms with Gasteiger partial charge < -0.3 is 24.8 Å². The molecule has 33 heavy (non-hydrogen) atoms. The van der Waals surface area contributed by atoms with Crippen LogP contribution in [0.5, 0.6) is 17.2 Å². The van der Waals surface area contributed by atoms with Crippen molar-refractivity contribution in [3.63, 3.8) is 0 Å². The highest BCUT2D eigenvalue weighted by Crippen LogP contribution is 2.32. The summed E-state index contributed by atoms with van der Waals surface area (Å²) in [6, 6.07) is 22.3. The van der Waals surface area contributed by atoms with E-state index in [1.165, 1.54) is 0 Å². The molecule has 7 heteroatoms. The summed E-state index contributed by atoms with van der Waals surface area (Å²) >= 11 is 0. The maximum absolute atomic E-state index is 13.2. The van der Waals surface area contributed by atoms with Crippen LogP contribution >= 0.6 is 0 Å². The fourth-order valence-corrected chi connectivity index (χ4v) is 3.59. The molecule has 0 spiro atoms. The Morgan fingerprint density at radius 3 is 2.39 bits per heavy atom. The lowest BCUT2D eigenvalue weighted by atomic mass is 10.1. The monoisotopic (exact) mass is 443 g/mol. The van der Waals surface area contributed by atoms with Crippen LogP contribution < -0.4 is 24.8 Å². The first-order valence-corrected chi connectivity index (χ1v) is 10.4. The molecule has 1 heterocycles. The molecule has 2 N–H and O–H groups in total. The number of aromatic nitrogens is 1. The molecule has 3 aromatic carbocycles. The van der Waals surface area contributed by atoms with Gasteiger partial charge in [-0.05, 0) is 30.3 Å². The van der Waals surface area contributed by atoms with E-state index in [2.05, 4.69) is 15.6 Å². The zero-order valence-electron chi connectivity index (χ0n) is 18.7. The molecule has 0 saturated carbocycles. The van der Waals surface area contributed by atoms with E-state index in [9.17, 15) is 4.79 Å². The van der Waals surface area contributed by atoms with Crippen LogP contribution in [0.25, 0.3) is 10.9 Å². The number of fused-ring (bicyclic) bond motifs is 1. The smallest absolute Gasteiger partial charge is 0.252 e. The Bertz CT molecular complexity index is 1290. The van der Waals surface area contributed by atoms with Crippen LogP contribution in [0.1, 0.15) is 15.9 Å². The van der Waals surface area contributed by atoms with Crippen LogP contribution in [-0.4, -0.2) is 32.2 Å². The standard InChI is InChI=1S/C26H25N3O4/c1-31-18-12-13-22(24(14-18)33-3)29-25-15-20(19-9-5-6-10-21(19)28-25)26(30)27-16-17-8-4-7-11-23(17)32-2/h4-15H,16H2,1-3H3,(H,27,30)(H,28,29). The number of pyridine rings is 1. The van der Waals surface area contributed by atoms with Crippen molar-refractivity contribution in [3.8, 4) is 17.2 Å². The third kappa shape index (κ3) is 4.82. The number of methoxy groups -OCH3 is 3. The fraction of sp³-hybridized carbons (Fsp3) is 0.154. The van der Waals surface area contributed by atoms with Gasteiger partial charge in [0.25, 0.3) is 5.91 Å². The van der Waals surface area contributed by atoms with Crippen molar-refractivity contribution in [2.45, 2.75) is 6.54 Å². The van der Waals surface area contributed by atoms with Crippen molar-refractivity contribution < 1.29 is 19.0 Å². The zero-order valence-corrected chi connectivity index (χ0v) is 18.7. The highest BCUT2D eigenvalue weighted by Gasteiger charge is 2.15. The molecule has 0 unspecified atom stereocenters. The Balaban J connectivity index is 1.65. The average molecular weight is 444 g/mol. The van der Waals surface area contributed by atoms with Crippen LogP contribution in [0.2, 0.25) is 0 Å². The Labute approximate surface area is 192 Å². The molecule has 4 rings (SSSR count). The van der Waals surface area contributed by atoms with Crippen LogP contribution in [0.4, 0.5) is 11.5 Å². The Kier molecular flexibility index (Phi) is 6.59. The van der Waals surface area contributed by atoms with Gasteiger partial charge in [-0.15, -0.1) is 0 Å². The summed E-state index contributed by atoms with van der Waals surface area (Å²) in [7, 11) is 4.80. The number of amides is 1. The van der Waals surface area contributed by atoms with Gasteiger partial charge in [0, 0.05) is 23.6 Å². The summed E-state index contributed by atoms with van der Waals surface area (Å²) in [5, 5.41) is 7.02. The molecule has 0 saturated heterocycles. The summed E-state index contributed by atoms with van der Waals surface area (Å²) in [5.74, 6) is 2.34. The summed E-state index contributed by atoms with van der Waals surface area (Å²) < 4.78 is 16.1. The van der Waals surface area contributed by atoms with E-state index >= 15 is 0 Å². The molecule has 0 fully saturated rings. The van der Waals surface area contributed by atoms with E-state index in [1.807, 2.05) is 60.7 Å². The van der Waals surface area contributed by atoms with E-state index in [4.69, 9.17) is 14.2 Å². The van der Waals surface area contributed by atoms with E-state index in [-0.39, 0.29) is 5.91 Å². The van der Waals surface area contributed by atoms with Gasteiger partial charge in [-0.2, -0.15) is 0 Å². The zero-order chi connectivity index (χ0) is 23.2. The summed E-state index contributed by atoms with van der Waals surface area (Å²) in [6.07, 6.45) is 0. The van der Waals surface area contributed by atoms with Crippen molar-refractivity contribution in [1.29, 1.82) is 0 Å². The molecule has 0 bridgehead atoms. The number of rotatable bonds is 8. The van der Waals surface area contributed by atoms with Crippen molar-refractivity contribution in [3.05, 3.63) is 83.9 Å². The van der Waals surface area contributed by atoms with Crippen molar-refractivity contribution >= 4 is 28.3 Å². The second-order valence-corrected chi connectivity index (χ2v) is 7.26. The second-order valence-electron chi connectivity index (χ2n) is 7.26. The maximum atomic E-state index is 13.2. The summed E-state index contributed by atoms with van der Waals surface area (Å²) in [4.78, 5) is 17.9. The van der Waals surface area contributed by atoms with Crippen molar-refractivity contribution in [2.24, 2.45) is 0 Å². The molecular formula is C26H25N3O4. The van der Waals surface area contributed by atoms with Gasteiger partial charge in [-0.25, -0.2) is 4.98 Å². The number of carbonyl (C=O) groups is 1. The van der Waals surface area contributed by atoms with E-state index in [1.54, 1.807) is 33.5 Å². The molecule has 1 aromatic heterocycles. The normalized spacial score (nSPS) is 10.5. The molecule has 168 valence electrons. The molecule has 4 aromatic rings. The number of benzene rings is 3. The number of hydrogen-bond donors (Lipinski definition) is 2. The van der Waals surface area contributed by atoms with Gasteiger partial charge in [0.2, 0.25) is 0 Å². The van der Waals surface area contributed by atoms with Crippen molar-refractivity contribution in [2.75, 3.05) is 26.6 Å².